The van der Waals surface area contributed by atoms with Gasteiger partial charge < -0.3 is 10.0 Å². The van der Waals surface area contributed by atoms with Gasteiger partial charge in [-0.15, -0.1) is 16.9 Å². The normalized spacial score (nSPS) is 24.7. The molecule has 1 aliphatic heterocycles. The minimum Gasteiger partial charge on any atom is -0.480 e. The van der Waals surface area contributed by atoms with Gasteiger partial charge in [-0.3, -0.25) is 4.79 Å². The van der Waals surface area contributed by atoms with Crippen molar-refractivity contribution >= 4 is 35.2 Å². The fraction of sp³-hybridized carbons (Fsp3) is 0.500. The molecule has 1 aliphatic rings. The summed E-state index contributed by atoms with van der Waals surface area (Å²) < 4.78 is 3.60. The molecule has 1 aromatic heterocycles. The molecule has 2 unspecified atom stereocenters. The van der Waals surface area contributed by atoms with Crippen LogP contribution >= 0.6 is 23.3 Å². The summed E-state index contributed by atoms with van der Waals surface area (Å²) in [6, 6.07) is -0.769. The summed E-state index contributed by atoms with van der Waals surface area (Å²) in [4.78, 5) is 24.3. The third kappa shape index (κ3) is 1.90. The molecule has 2 atom stereocenters. The Balaban J connectivity index is 2.24. The topological polar surface area (TPSA) is 83.4 Å². The molecule has 0 bridgehead atoms. The van der Waals surface area contributed by atoms with Gasteiger partial charge in [0.25, 0.3) is 5.91 Å². The highest BCUT2D eigenvalue weighted by molar-refractivity contribution is 8.00. The Bertz CT molecular complexity index is 409. The van der Waals surface area contributed by atoms with Gasteiger partial charge >= 0.3 is 5.97 Å². The van der Waals surface area contributed by atoms with Gasteiger partial charge in [0.05, 0.1) is 5.37 Å². The molecule has 86 valence electrons. The predicted octanol–water partition coefficient (Wildman–Crippen LogP) is 0.526. The van der Waals surface area contributed by atoms with E-state index in [2.05, 4.69) is 9.59 Å². The third-order valence-electron chi connectivity index (χ3n) is 2.32. The lowest BCUT2D eigenvalue weighted by molar-refractivity contribution is -0.141. The highest BCUT2D eigenvalue weighted by Gasteiger charge is 2.40. The molecule has 0 spiro atoms. The van der Waals surface area contributed by atoms with E-state index in [0.29, 0.717) is 5.75 Å². The van der Waals surface area contributed by atoms with Crippen molar-refractivity contribution in [2.75, 3.05) is 5.75 Å². The second-order valence-corrected chi connectivity index (χ2v) is 5.25. The summed E-state index contributed by atoms with van der Waals surface area (Å²) in [6.07, 6.45) is 0. The Morgan fingerprint density at radius 3 is 2.94 bits per heavy atom. The van der Waals surface area contributed by atoms with E-state index >= 15 is 0 Å². The van der Waals surface area contributed by atoms with Crippen molar-refractivity contribution in [3.05, 3.63) is 11.1 Å². The number of thioether (sulfide) groups is 1. The van der Waals surface area contributed by atoms with Crippen molar-refractivity contribution in [1.82, 2.24) is 14.5 Å². The Labute approximate surface area is 99.8 Å². The van der Waals surface area contributed by atoms with Crippen LogP contribution in [0.15, 0.2) is 5.38 Å². The average Bonchev–Trinajstić information content (AvgIpc) is 2.84. The van der Waals surface area contributed by atoms with E-state index < -0.39 is 12.0 Å². The van der Waals surface area contributed by atoms with Crippen molar-refractivity contribution in [3.63, 3.8) is 0 Å². The first-order valence-electron chi connectivity index (χ1n) is 4.55. The van der Waals surface area contributed by atoms with Crippen molar-refractivity contribution in [1.29, 1.82) is 0 Å². The van der Waals surface area contributed by atoms with Gasteiger partial charge in [-0.25, -0.2) is 4.79 Å². The van der Waals surface area contributed by atoms with Crippen molar-refractivity contribution in [3.8, 4) is 0 Å². The van der Waals surface area contributed by atoms with Gasteiger partial charge in [-0.05, 0) is 18.5 Å². The van der Waals surface area contributed by atoms with Crippen LogP contribution in [0.1, 0.15) is 17.4 Å². The minimum absolute atomic E-state index is 0.143. The number of hydrogen-bond donors (Lipinski definition) is 1. The molecule has 16 heavy (non-hydrogen) atoms. The molecule has 1 amide bonds. The van der Waals surface area contributed by atoms with Crippen LogP contribution in [0, 0.1) is 0 Å². The smallest absolute Gasteiger partial charge is 0.327 e. The van der Waals surface area contributed by atoms with Crippen LogP contribution in [0.4, 0.5) is 0 Å². The Morgan fingerprint density at radius 2 is 2.38 bits per heavy atom. The van der Waals surface area contributed by atoms with Crippen molar-refractivity contribution in [2.45, 2.75) is 18.3 Å². The Hall–Kier alpha value is -1.15. The second-order valence-electron chi connectivity index (χ2n) is 3.29. The molecule has 0 aromatic carbocycles. The number of aromatic nitrogens is 2. The number of carbonyl (C=O) groups excluding carboxylic acids is 1. The summed E-state index contributed by atoms with van der Waals surface area (Å²) in [7, 11) is 0. The highest BCUT2D eigenvalue weighted by Crippen LogP contribution is 2.30. The van der Waals surface area contributed by atoms with E-state index in [1.54, 1.807) is 0 Å². The molecule has 1 fully saturated rings. The number of nitrogens with zero attached hydrogens (tertiary/aromatic N) is 3. The fourth-order valence-electron chi connectivity index (χ4n) is 1.53. The number of hydrogen-bond acceptors (Lipinski definition) is 6. The molecule has 0 saturated carbocycles. The molecule has 2 rings (SSSR count). The standard InChI is InChI=1S/C8H9N3O3S2/c1-4-11(6(3-15-4)8(13)14)7(12)5-2-16-10-9-5/h2,4,6H,3H2,1H3,(H,13,14). The van der Waals surface area contributed by atoms with Gasteiger partial charge in [0.2, 0.25) is 0 Å². The molecule has 0 aliphatic carbocycles. The average molecular weight is 259 g/mol. The molecule has 2 heterocycles. The monoisotopic (exact) mass is 259 g/mol. The number of rotatable bonds is 2. The van der Waals surface area contributed by atoms with Gasteiger partial charge in [0.1, 0.15) is 6.04 Å². The van der Waals surface area contributed by atoms with E-state index in [-0.39, 0.29) is 17.0 Å². The van der Waals surface area contributed by atoms with E-state index in [1.165, 1.54) is 22.0 Å². The van der Waals surface area contributed by atoms with Crippen LogP contribution in [0.2, 0.25) is 0 Å². The largest absolute Gasteiger partial charge is 0.480 e. The summed E-state index contributed by atoms with van der Waals surface area (Å²) >= 11 is 2.52. The van der Waals surface area contributed by atoms with Crippen LogP contribution in [-0.2, 0) is 4.79 Å². The Morgan fingerprint density at radius 1 is 1.62 bits per heavy atom. The predicted molar refractivity (Wildman–Crippen MR) is 59.4 cm³/mol. The maximum atomic E-state index is 12.0. The quantitative estimate of drug-likeness (QED) is 0.834. The van der Waals surface area contributed by atoms with Crippen LogP contribution in [-0.4, -0.2) is 48.6 Å². The molecular formula is C8H9N3O3S2. The lowest BCUT2D eigenvalue weighted by Crippen LogP contribution is -2.44. The van der Waals surface area contributed by atoms with Gasteiger partial charge in [-0.1, -0.05) is 4.49 Å². The zero-order valence-corrected chi connectivity index (χ0v) is 9.99. The lowest BCUT2D eigenvalue weighted by Gasteiger charge is -2.23. The maximum Gasteiger partial charge on any atom is 0.327 e. The maximum absolute atomic E-state index is 12.0. The number of carboxylic acids is 1. The minimum atomic E-state index is -0.978. The van der Waals surface area contributed by atoms with Crippen LogP contribution in [0.3, 0.4) is 0 Å². The molecule has 1 saturated heterocycles. The van der Waals surface area contributed by atoms with E-state index in [9.17, 15) is 9.59 Å². The SMILES string of the molecule is CC1SCC(C(=O)O)N1C(=O)c1csnn1. The van der Waals surface area contributed by atoms with Crippen molar-refractivity contribution < 1.29 is 14.7 Å². The number of amides is 1. The number of carbonyl (C=O) groups is 2. The van der Waals surface area contributed by atoms with Gasteiger partial charge in [-0.2, -0.15) is 0 Å². The molecule has 6 nitrogen and oxygen atoms in total. The van der Waals surface area contributed by atoms with Crippen LogP contribution < -0.4 is 0 Å². The second kappa shape index (κ2) is 4.38. The zero-order valence-electron chi connectivity index (χ0n) is 8.36. The van der Waals surface area contributed by atoms with E-state index in [0.717, 1.165) is 11.5 Å². The number of aliphatic carboxylic acids is 1. The molecule has 0 radical (unpaired) electrons. The van der Waals surface area contributed by atoms with Gasteiger partial charge in [0.15, 0.2) is 5.69 Å². The van der Waals surface area contributed by atoms with E-state index in [4.69, 9.17) is 5.11 Å². The van der Waals surface area contributed by atoms with Crippen LogP contribution in [0.25, 0.3) is 0 Å². The summed E-state index contributed by atoms with van der Waals surface area (Å²) in [6.45, 7) is 1.81. The first-order valence-corrected chi connectivity index (χ1v) is 6.44. The fourth-order valence-corrected chi connectivity index (χ4v) is 3.13. The molecule has 1 N–H and O–H groups in total. The first-order chi connectivity index (χ1) is 7.61. The zero-order chi connectivity index (χ0) is 11.7. The summed E-state index contributed by atoms with van der Waals surface area (Å²) in [5.41, 5.74) is 0.214. The number of carboxylic acid groups (broad SMARTS) is 1. The Kier molecular flexibility index (Phi) is 3.10. The van der Waals surface area contributed by atoms with Gasteiger partial charge in [0, 0.05) is 11.1 Å². The molecule has 1 aromatic rings. The third-order valence-corrected chi connectivity index (χ3v) is 4.04. The van der Waals surface area contributed by atoms with E-state index in [1.807, 2.05) is 6.92 Å². The summed E-state index contributed by atoms with van der Waals surface area (Å²) in [5, 5.41) is 14.1. The molecule has 8 heteroatoms. The first kappa shape index (κ1) is 11.3. The van der Waals surface area contributed by atoms with Crippen LogP contribution in [0.5, 0.6) is 0 Å². The van der Waals surface area contributed by atoms with Crippen molar-refractivity contribution in [2.24, 2.45) is 0 Å². The summed E-state index contributed by atoms with van der Waals surface area (Å²) in [5.74, 6) is -0.924. The lowest BCUT2D eigenvalue weighted by atomic mass is 10.2. The highest BCUT2D eigenvalue weighted by atomic mass is 32.2. The molecular weight excluding hydrogens is 250 g/mol.